The van der Waals surface area contributed by atoms with Gasteiger partial charge in [-0.25, -0.2) is 14.8 Å². The highest BCUT2D eigenvalue weighted by molar-refractivity contribution is 5.88. The van der Waals surface area contributed by atoms with E-state index in [1.165, 1.54) is 0 Å². The van der Waals surface area contributed by atoms with Crippen LogP contribution in [0.5, 0.6) is 0 Å². The highest BCUT2D eigenvalue weighted by Gasteiger charge is 2.23. The summed E-state index contributed by atoms with van der Waals surface area (Å²) in [5.41, 5.74) is 3.57. The molecule has 1 fully saturated rings. The van der Waals surface area contributed by atoms with Crippen molar-refractivity contribution in [3.63, 3.8) is 0 Å². The predicted molar refractivity (Wildman–Crippen MR) is 106 cm³/mol. The van der Waals surface area contributed by atoms with Gasteiger partial charge in [-0.3, -0.25) is 5.32 Å². The molecule has 8 heteroatoms. The molecule has 3 aromatic rings. The normalized spacial score (nSPS) is 14.2. The van der Waals surface area contributed by atoms with Crippen LogP contribution in [0, 0.1) is 13.8 Å². The van der Waals surface area contributed by atoms with Gasteiger partial charge in [0.25, 0.3) is 0 Å². The lowest BCUT2D eigenvalue weighted by Gasteiger charge is -2.35. The van der Waals surface area contributed by atoms with Gasteiger partial charge in [0.15, 0.2) is 0 Å². The topological polar surface area (TPSA) is 87.4 Å². The molecule has 1 N–H and O–H groups in total. The third-order valence-electron chi connectivity index (χ3n) is 4.99. The molecular formula is C20H22N6O2. The van der Waals surface area contributed by atoms with Crippen molar-refractivity contribution < 1.29 is 9.32 Å². The number of carbonyl (C=O) groups is 1. The highest BCUT2D eigenvalue weighted by atomic mass is 16.5. The average molecular weight is 378 g/mol. The number of hydrogen-bond acceptors (Lipinski definition) is 6. The molecule has 1 aromatic carbocycles. The molecule has 3 heterocycles. The zero-order valence-corrected chi connectivity index (χ0v) is 15.9. The van der Waals surface area contributed by atoms with Gasteiger partial charge in [0.1, 0.15) is 12.1 Å². The van der Waals surface area contributed by atoms with Crippen molar-refractivity contribution in [1.82, 2.24) is 20.0 Å². The lowest BCUT2D eigenvalue weighted by molar-refractivity contribution is 0.207. The van der Waals surface area contributed by atoms with E-state index in [1.807, 2.05) is 50.2 Å². The number of anilines is 2. The third kappa shape index (κ3) is 3.66. The van der Waals surface area contributed by atoms with Gasteiger partial charge in [-0.2, -0.15) is 0 Å². The summed E-state index contributed by atoms with van der Waals surface area (Å²) >= 11 is 0. The summed E-state index contributed by atoms with van der Waals surface area (Å²) in [6.07, 6.45) is 1.59. The van der Waals surface area contributed by atoms with E-state index in [-0.39, 0.29) is 6.03 Å². The van der Waals surface area contributed by atoms with Crippen LogP contribution in [-0.4, -0.2) is 52.2 Å². The summed E-state index contributed by atoms with van der Waals surface area (Å²) in [7, 11) is 0. The molecule has 4 rings (SSSR count). The van der Waals surface area contributed by atoms with Crippen molar-refractivity contribution in [2.45, 2.75) is 13.8 Å². The quantitative estimate of drug-likeness (QED) is 0.754. The largest absolute Gasteiger partial charge is 0.353 e. The Morgan fingerprint density at radius 3 is 2.50 bits per heavy atom. The summed E-state index contributed by atoms with van der Waals surface area (Å²) in [6, 6.07) is 11.8. The average Bonchev–Trinajstić information content (AvgIpc) is 3.06. The van der Waals surface area contributed by atoms with Crippen molar-refractivity contribution in [2.75, 3.05) is 36.4 Å². The summed E-state index contributed by atoms with van der Waals surface area (Å²) in [5, 5.41) is 6.67. The molecule has 0 aliphatic carbocycles. The van der Waals surface area contributed by atoms with E-state index < -0.39 is 0 Å². The molecule has 2 amide bonds. The molecule has 2 aromatic heterocycles. The zero-order valence-electron chi connectivity index (χ0n) is 15.9. The standard InChI is InChI=1S/C20H22N6O2/c1-14-15(2)24-28-19(14)23-20(27)26-10-8-25(9-11-26)18-12-17(21-13-22-18)16-6-4-3-5-7-16/h3-7,12-13H,8-11H2,1-2H3,(H,23,27). The van der Waals surface area contributed by atoms with Crippen LogP contribution in [0.25, 0.3) is 11.3 Å². The Kier molecular flexibility index (Phi) is 4.92. The monoisotopic (exact) mass is 378 g/mol. The van der Waals surface area contributed by atoms with Crippen LogP contribution in [0.2, 0.25) is 0 Å². The molecule has 28 heavy (non-hydrogen) atoms. The van der Waals surface area contributed by atoms with Crippen molar-refractivity contribution in [1.29, 1.82) is 0 Å². The Labute approximate surface area is 163 Å². The number of hydrogen-bond donors (Lipinski definition) is 1. The molecule has 0 spiro atoms. The van der Waals surface area contributed by atoms with Gasteiger partial charge < -0.3 is 14.3 Å². The van der Waals surface area contributed by atoms with Gasteiger partial charge >= 0.3 is 6.03 Å². The lowest BCUT2D eigenvalue weighted by atomic mass is 10.1. The molecule has 0 bridgehead atoms. The van der Waals surface area contributed by atoms with E-state index in [9.17, 15) is 4.79 Å². The molecule has 0 saturated carbocycles. The van der Waals surface area contributed by atoms with Crippen molar-refractivity contribution in [3.8, 4) is 11.3 Å². The maximum atomic E-state index is 12.5. The maximum Gasteiger partial charge on any atom is 0.324 e. The van der Waals surface area contributed by atoms with E-state index in [1.54, 1.807) is 11.2 Å². The number of rotatable bonds is 3. The van der Waals surface area contributed by atoms with Crippen molar-refractivity contribution in [2.24, 2.45) is 0 Å². The Morgan fingerprint density at radius 1 is 1.07 bits per heavy atom. The summed E-state index contributed by atoms with van der Waals surface area (Å²) < 4.78 is 5.17. The second-order valence-electron chi connectivity index (χ2n) is 6.75. The number of aromatic nitrogens is 3. The minimum absolute atomic E-state index is 0.174. The van der Waals surface area contributed by atoms with Crippen molar-refractivity contribution in [3.05, 3.63) is 54.0 Å². The molecule has 0 radical (unpaired) electrons. The third-order valence-corrected chi connectivity index (χ3v) is 4.99. The predicted octanol–water partition coefficient (Wildman–Crippen LogP) is 3.10. The molecule has 8 nitrogen and oxygen atoms in total. The molecule has 0 unspecified atom stereocenters. The number of aryl methyl sites for hydroxylation is 1. The summed E-state index contributed by atoms with van der Waals surface area (Å²) in [5.74, 6) is 1.28. The van der Waals surface area contributed by atoms with Gasteiger partial charge in [0.2, 0.25) is 5.88 Å². The fourth-order valence-corrected chi connectivity index (χ4v) is 3.13. The molecule has 1 saturated heterocycles. The van der Waals surface area contributed by atoms with Gasteiger partial charge in [-0.1, -0.05) is 35.5 Å². The number of benzene rings is 1. The van der Waals surface area contributed by atoms with Crippen LogP contribution < -0.4 is 10.2 Å². The van der Waals surface area contributed by atoms with Crippen LogP contribution in [-0.2, 0) is 0 Å². The Balaban J connectivity index is 1.39. The second-order valence-corrected chi connectivity index (χ2v) is 6.75. The van der Waals surface area contributed by atoms with E-state index in [4.69, 9.17) is 4.52 Å². The number of piperazine rings is 1. The fourth-order valence-electron chi connectivity index (χ4n) is 3.13. The minimum atomic E-state index is -0.174. The van der Waals surface area contributed by atoms with Crippen LogP contribution in [0.15, 0.2) is 47.2 Å². The van der Waals surface area contributed by atoms with Crippen LogP contribution in [0.1, 0.15) is 11.3 Å². The SMILES string of the molecule is Cc1noc(NC(=O)N2CCN(c3cc(-c4ccccc4)ncn3)CC2)c1C. The van der Waals surface area contributed by atoms with Gasteiger partial charge in [-0.05, 0) is 13.8 Å². The maximum absolute atomic E-state index is 12.5. The molecule has 1 aliphatic heterocycles. The molecule has 144 valence electrons. The Morgan fingerprint density at radius 2 is 1.82 bits per heavy atom. The zero-order chi connectivity index (χ0) is 19.5. The first-order valence-corrected chi connectivity index (χ1v) is 9.23. The highest BCUT2D eigenvalue weighted by Crippen LogP contribution is 2.22. The summed E-state index contributed by atoms with van der Waals surface area (Å²) in [6.45, 7) is 6.32. The Bertz CT molecular complexity index is 964. The molecule has 1 aliphatic rings. The van der Waals surface area contributed by atoms with Crippen molar-refractivity contribution >= 4 is 17.7 Å². The van der Waals surface area contributed by atoms with E-state index in [2.05, 4.69) is 25.3 Å². The first kappa shape index (κ1) is 18.0. The number of nitrogens with one attached hydrogen (secondary N) is 1. The number of nitrogens with zero attached hydrogens (tertiary/aromatic N) is 5. The second kappa shape index (κ2) is 7.67. The minimum Gasteiger partial charge on any atom is -0.353 e. The number of amides is 2. The first-order chi connectivity index (χ1) is 13.6. The Hall–Kier alpha value is -3.42. The van der Waals surface area contributed by atoms with E-state index in [0.717, 1.165) is 28.3 Å². The van der Waals surface area contributed by atoms with E-state index in [0.29, 0.717) is 32.1 Å². The van der Waals surface area contributed by atoms with Gasteiger partial charge in [0.05, 0.1) is 11.4 Å². The van der Waals surface area contributed by atoms with Crippen LogP contribution in [0.4, 0.5) is 16.5 Å². The molecule has 0 atom stereocenters. The lowest BCUT2D eigenvalue weighted by Crippen LogP contribution is -2.50. The first-order valence-electron chi connectivity index (χ1n) is 9.23. The van der Waals surface area contributed by atoms with Gasteiger partial charge in [-0.15, -0.1) is 0 Å². The van der Waals surface area contributed by atoms with Gasteiger partial charge in [0, 0.05) is 43.4 Å². The summed E-state index contributed by atoms with van der Waals surface area (Å²) in [4.78, 5) is 25.2. The molecular weight excluding hydrogens is 356 g/mol. The number of urea groups is 1. The van der Waals surface area contributed by atoms with E-state index >= 15 is 0 Å². The smallest absolute Gasteiger partial charge is 0.324 e. The number of carbonyl (C=O) groups excluding carboxylic acids is 1. The van der Waals surface area contributed by atoms with Crippen LogP contribution in [0.3, 0.4) is 0 Å². The fraction of sp³-hybridized carbons (Fsp3) is 0.300. The van der Waals surface area contributed by atoms with Crippen LogP contribution >= 0.6 is 0 Å².